The van der Waals surface area contributed by atoms with Crippen LogP contribution in [0.2, 0.25) is 0 Å². The van der Waals surface area contributed by atoms with Crippen molar-refractivity contribution in [2.24, 2.45) is 0 Å². The van der Waals surface area contributed by atoms with Gasteiger partial charge < -0.3 is 10.2 Å². The number of nitriles is 1. The SMILES string of the molecule is CC(=O)N(C#N)C1C(=O)N2C(C(=O)O)=C(C=CC(=O)O)CS[C@@H]12. The first-order chi connectivity index (χ1) is 10.8. The summed E-state index contributed by atoms with van der Waals surface area (Å²) in [5.74, 6) is -3.76. The fraction of sp³-hybridized carbons (Fsp3) is 0.308. The molecular formula is C13H11N3O6S. The minimum absolute atomic E-state index is 0.146. The van der Waals surface area contributed by atoms with Gasteiger partial charge >= 0.3 is 11.9 Å². The number of carbonyl (C=O) groups excluding carboxylic acids is 2. The van der Waals surface area contributed by atoms with Crippen LogP contribution < -0.4 is 0 Å². The van der Waals surface area contributed by atoms with Crippen LogP contribution in [0.15, 0.2) is 23.4 Å². The summed E-state index contributed by atoms with van der Waals surface area (Å²) in [7, 11) is 0. The maximum absolute atomic E-state index is 12.2. The van der Waals surface area contributed by atoms with Crippen LogP contribution in [0.3, 0.4) is 0 Å². The van der Waals surface area contributed by atoms with Gasteiger partial charge in [0, 0.05) is 18.8 Å². The smallest absolute Gasteiger partial charge is 0.352 e. The standard InChI is InChI=1S/C13H11N3O6S/c1-6(17)15(5-14)10-11(20)16-9(13(21)22)7(2-3-8(18)19)4-23-12(10)16/h2-3,10,12H,4H2,1H3,(H,18,19)(H,21,22)/t10?,12-/m0/s1. The largest absolute Gasteiger partial charge is 0.478 e. The van der Waals surface area contributed by atoms with Crippen LogP contribution in [0.5, 0.6) is 0 Å². The van der Waals surface area contributed by atoms with Gasteiger partial charge in [-0.3, -0.25) is 14.5 Å². The number of thioether (sulfide) groups is 1. The van der Waals surface area contributed by atoms with Crippen LogP contribution in [0.4, 0.5) is 0 Å². The summed E-state index contributed by atoms with van der Waals surface area (Å²) >= 11 is 1.16. The molecule has 0 radical (unpaired) electrons. The molecule has 10 heteroatoms. The van der Waals surface area contributed by atoms with E-state index < -0.39 is 35.2 Å². The summed E-state index contributed by atoms with van der Waals surface area (Å²) < 4.78 is 0. The number of rotatable bonds is 4. The lowest BCUT2D eigenvalue weighted by atomic mass is 10.0. The van der Waals surface area contributed by atoms with Gasteiger partial charge in [-0.15, -0.1) is 11.8 Å². The van der Waals surface area contributed by atoms with Crippen molar-refractivity contribution in [1.29, 1.82) is 5.26 Å². The third-order valence-corrected chi connectivity index (χ3v) is 4.61. The van der Waals surface area contributed by atoms with E-state index in [1.54, 1.807) is 6.19 Å². The zero-order valence-corrected chi connectivity index (χ0v) is 12.6. The Bertz CT molecular complexity index is 707. The molecule has 9 nitrogen and oxygen atoms in total. The normalized spacial score (nSPS) is 23.1. The molecule has 1 fully saturated rings. The minimum atomic E-state index is -1.38. The molecule has 23 heavy (non-hydrogen) atoms. The van der Waals surface area contributed by atoms with Gasteiger partial charge in [0.2, 0.25) is 5.91 Å². The van der Waals surface area contributed by atoms with Crippen LogP contribution in [0, 0.1) is 11.5 Å². The van der Waals surface area contributed by atoms with Crippen LogP contribution >= 0.6 is 11.8 Å². The van der Waals surface area contributed by atoms with Gasteiger partial charge in [0.25, 0.3) is 5.91 Å². The van der Waals surface area contributed by atoms with Crippen molar-refractivity contribution in [2.45, 2.75) is 18.3 Å². The number of carboxylic acid groups (broad SMARTS) is 2. The van der Waals surface area contributed by atoms with Crippen molar-refractivity contribution < 1.29 is 29.4 Å². The van der Waals surface area contributed by atoms with E-state index in [1.807, 2.05) is 0 Å². The first-order valence-corrected chi connectivity index (χ1v) is 7.36. The van der Waals surface area contributed by atoms with E-state index in [4.69, 9.17) is 10.4 Å². The predicted molar refractivity (Wildman–Crippen MR) is 76.5 cm³/mol. The van der Waals surface area contributed by atoms with E-state index in [1.165, 1.54) is 0 Å². The highest BCUT2D eigenvalue weighted by Crippen LogP contribution is 2.42. The zero-order valence-electron chi connectivity index (χ0n) is 11.8. The molecule has 0 saturated carbocycles. The summed E-state index contributed by atoms with van der Waals surface area (Å²) in [5, 5.41) is 26.3. The van der Waals surface area contributed by atoms with Crippen molar-refractivity contribution in [3.63, 3.8) is 0 Å². The van der Waals surface area contributed by atoms with E-state index in [9.17, 15) is 24.3 Å². The molecule has 1 saturated heterocycles. The van der Waals surface area contributed by atoms with Crippen molar-refractivity contribution in [1.82, 2.24) is 9.80 Å². The molecule has 0 aromatic heterocycles. The Morgan fingerprint density at radius 3 is 2.57 bits per heavy atom. The van der Waals surface area contributed by atoms with Gasteiger partial charge in [0.15, 0.2) is 12.2 Å². The van der Waals surface area contributed by atoms with E-state index in [-0.39, 0.29) is 17.0 Å². The highest BCUT2D eigenvalue weighted by Gasteiger charge is 2.56. The third-order valence-electron chi connectivity index (χ3n) is 3.32. The van der Waals surface area contributed by atoms with Crippen molar-refractivity contribution >= 4 is 35.5 Å². The number of fused-ring (bicyclic) bond motifs is 1. The maximum atomic E-state index is 12.2. The maximum Gasteiger partial charge on any atom is 0.352 e. The molecule has 2 amide bonds. The Labute approximate surface area is 134 Å². The van der Waals surface area contributed by atoms with Crippen molar-refractivity contribution in [3.8, 4) is 6.19 Å². The lowest BCUT2D eigenvalue weighted by molar-refractivity contribution is -0.156. The molecule has 2 aliphatic heterocycles. The number of β-lactam (4-membered cyclic amide) rings is 1. The molecule has 120 valence electrons. The second-order valence-electron chi connectivity index (χ2n) is 4.69. The van der Waals surface area contributed by atoms with E-state index in [0.717, 1.165) is 35.7 Å². The Morgan fingerprint density at radius 1 is 1.43 bits per heavy atom. The lowest BCUT2D eigenvalue weighted by Crippen LogP contribution is -2.70. The van der Waals surface area contributed by atoms with Gasteiger partial charge in [-0.2, -0.15) is 5.26 Å². The van der Waals surface area contributed by atoms with Gasteiger partial charge in [0.05, 0.1) is 0 Å². The van der Waals surface area contributed by atoms with Gasteiger partial charge in [0.1, 0.15) is 11.1 Å². The second kappa shape index (κ2) is 6.13. The number of amides is 2. The molecule has 0 aromatic rings. The zero-order chi connectivity index (χ0) is 17.3. The van der Waals surface area contributed by atoms with Gasteiger partial charge in [-0.1, -0.05) is 0 Å². The molecule has 2 heterocycles. The predicted octanol–water partition coefficient (Wildman–Crippen LogP) is -0.421. The van der Waals surface area contributed by atoms with E-state index in [2.05, 4.69) is 0 Å². The number of hydrogen-bond donors (Lipinski definition) is 2. The molecule has 2 atom stereocenters. The Balaban J connectivity index is 2.38. The first-order valence-electron chi connectivity index (χ1n) is 6.31. The average molecular weight is 337 g/mol. The Kier molecular flexibility index (Phi) is 4.42. The first kappa shape index (κ1) is 16.6. The molecule has 2 N–H and O–H groups in total. The van der Waals surface area contributed by atoms with Gasteiger partial charge in [-0.25, -0.2) is 14.5 Å². The number of allylic oxidation sites excluding steroid dienone is 1. The Morgan fingerprint density at radius 2 is 2.09 bits per heavy atom. The highest BCUT2D eigenvalue weighted by atomic mass is 32.2. The van der Waals surface area contributed by atoms with Crippen molar-refractivity contribution in [2.75, 3.05) is 5.75 Å². The van der Waals surface area contributed by atoms with Crippen LogP contribution in [-0.4, -0.2) is 60.9 Å². The quantitative estimate of drug-likeness (QED) is 0.305. The number of carboxylic acids is 2. The minimum Gasteiger partial charge on any atom is -0.478 e. The van der Waals surface area contributed by atoms with E-state index >= 15 is 0 Å². The van der Waals surface area contributed by atoms with Gasteiger partial charge in [-0.05, 0) is 11.6 Å². The highest BCUT2D eigenvalue weighted by molar-refractivity contribution is 8.00. The molecule has 2 aliphatic rings. The van der Waals surface area contributed by atoms with Crippen LogP contribution in [-0.2, 0) is 19.2 Å². The summed E-state index contributed by atoms with van der Waals surface area (Å²) in [6.07, 6.45) is 3.55. The van der Waals surface area contributed by atoms with Crippen LogP contribution in [0.25, 0.3) is 0 Å². The number of nitrogens with zero attached hydrogens (tertiary/aromatic N) is 3. The summed E-state index contributed by atoms with van der Waals surface area (Å²) in [5.41, 5.74) is -0.145. The average Bonchev–Trinajstić information content (AvgIpc) is 2.48. The fourth-order valence-corrected chi connectivity index (χ4v) is 3.72. The lowest BCUT2D eigenvalue weighted by Gasteiger charge is -2.50. The Hall–Kier alpha value is -2.80. The molecule has 0 aromatic carbocycles. The number of aliphatic carboxylic acids is 2. The summed E-state index contributed by atoms with van der Waals surface area (Å²) in [6, 6.07) is -1.04. The molecule has 1 unspecified atom stereocenters. The summed E-state index contributed by atoms with van der Waals surface area (Å²) in [4.78, 5) is 47.3. The second-order valence-corrected chi connectivity index (χ2v) is 5.80. The molecule has 0 spiro atoms. The van der Waals surface area contributed by atoms with E-state index in [0.29, 0.717) is 4.90 Å². The van der Waals surface area contributed by atoms with Crippen LogP contribution in [0.1, 0.15) is 6.92 Å². The monoisotopic (exact) mass is 337 g/mol. The number of hydrogen-bond acceptors (Lipinski definition) is 6. The molecule has 2 rings (SSSR count). The third kappa shape index (κ3) is 2.78. The number of carbonyl (C=O) groups is 4. The molecule has 0 aliphatic carbocycles. The fourth-order valence-electron chi connectivity index (χ4n) is 2.36. The van der Waals surface area contributed by atoms with Crippen molar-refractivity contribution in [3.05, 3.63) is 23.4 Å². The topological polar surface area (TPSA) is 139 Å². The molecule has 0 bridgehead atoms. The summed E-state index contributed by atoms with van der Waals surface area (Å²) in [6.45, 7) is 1.14. The molecular weight excluding hydrogens is 326 g/mol.